The molecule has 1 amide bonds. The number of H-pyrrole nitrogens is 1. The second-order valence-corrected chi connectivity index (χ2v) is 4.44. The Morgan fingerprint density at radius 3 is 2.67 bits per heavy atom. The first-order chi connectivity index (χ1) is 8.52. The minimum atomic E-state index is -0.112. The number of hydrogen-bond donors (Lipinski definition) is 2. The van der Waals surface area contributed by atoms with Crippen LogP contribution in [-0.4, -0.2) is 21.1 Å². The molecule has 18 heavy (non-hydrogen) atoms. The average molecular weight is 244 g/mol. The Bertz CT molecular complexity index is 554. The van der Waals surface area contributed by atoms with Gasteiger partial charge in [0.15, 0.2) is 0 Å². The topological polar surface area (TPSA) is 70.7 Å². The molecule has 0 aliphatic carbocycles. The maximum absolute atomic E-state index is 11.8. The monoisotopic (exact) mass is 244 g/mol. The highest BCUT2D eigenvalue weighted by Crippen LogP contribution is 2.09. The molecule has 0 spiro atoms. The van der Waals surface area contributed by atoms with Crippen molar-refractivity contribution in [1.82, 2.24) is 15.2 Å². The summed E-state index contributed by atoms with van der Waals surface area (Å²) in [4.78, 5) is 16.1. The fourth-order valence-corrected chi connectivity index (χ4v) is 1.82. The van der Waals surface area contributed by atoms with E-state index in [1.165, 1.54) is 0 Å². The van der Waals surface area contributed by atoms with Gasteiger partial charge in [0.25, 0.3) is 0 Å². The van der Waals surface area contributed by atoms with Gasteiger partial charge in [-0.15, -0.1) is 0 Å². The Morgan fingerprint density at radius 1 is 1.28 bits per heavy atom. The number of rotatable bonds is 3. The lowest BCUT2D eigenvalue weighted by molar-refractivity contribution is -0.115. The number of nitrogens with zero attached hydrogens (tertiary/aromatic N) is 2. The maximum Gasteiger partial charge on any atom is 0.231 e. The van der Waals surface area contributed by atoms with E-state index >= 15 is 0 Å². The third-order valence-corrected chi connectivity index (χ3v) is 2.47. The van der Waals surface area contributed by atoms with Crippen LogP contribution < -0.4 is 5.32 Å². The second kappa shape index (κ2) is 5.00. The zero-order valence-electron chi connectivity index (χ0n) is 10.7. The third kappa shape index (κ3) is 3.16. The minimum Gasteiger partial charge on any atom is -0.310 e. The summed E-state index contributed by atoms with van der Waals surface area (Å²) in [5.74, 6) is 0.476. The van der Waals surface area contributed by atoms with Gasteiger partial charge < -0.3 is 5.32 Å². The summed E-state index contributed by atoms with van der Waals surface area (Å²) in [5, 5.41) is 9.61. The molecule has 0 saturated heterocycles. The van der Waals surface area contributed by atoms with Crippen LogP contribution in [0.4, 0.5) is 5.82 Å². The standard InChI is InChI=1S/C13H16N4O/c1-8-4-9(2)14-12(5-8)15-13(18)7-11-6-10(3)16-17-11/h4-6H,7H2,1-3H3,(H,16,17)(H,14,15,18). The van der Waals surface area contributed by atoms with Crippen molar-refractivity contribution in [3.8, 4) is 0 Å². The van der Waals surface area contributed by atoms with E-state index in [-0.39, 0.29) is 12.3 Å². The van der Waals surface area contributed by atoms with Crippen LogP contribution in [0.2, 0.25) is 0 Å². The fraction of sp³-hybridized carbons (Fsp3) is 0.308. The van der Waals surface area contributed by atoms with Gasteiger partial charge in [0.2, 0.25) is 5.91 Å². The Kier molecular flexibility index (Phi) is 3.41. The van der Waals surface area contributed by atoms with Crippen LogP contribution in [0.25, 0.3) is 0 Å². The molecule has 2 N–H and O–H groups in total. The Morgan fingerprint density at radius 2 is 2.06 bits per heavy atom. The van der Waals surface area contributed by atoms with Gasteiger partial charge in [-0.3, -0.25) is 9.89 Å². The van der Waals surface area contributed by atoms with Crippen molar-refractivity contribution < 1.29 is 4.79 Å². The van der Waals surface area contributed by atoms with E-state index in [0.717, 1.165) is 22.6 Å². The van der Waals surface area contributed by atoms with Gasteiger partial charge in [-0.1, -0.05) is 0 Å². The number of aromatic amines is 1. The summed E-state index contributed by atoms with van der Waals surface area (Å²) < 4.78 is 0. The van der Waals surface area contributed by atoms with E-state index in [2.05, 4.69) is 20.5 Å². The smallest absolute Gasteiger partial charge is 0.231 e. The predicted molar refractivity (Wildman–Crippen MR) is 69.4 cm³/mol. The highest BCUT2D eigenvalue weighted by Gasteiger charge is 2.07. The first-order valence-corrected chi connectivity index (χ1v) is 5.79. The van der Waals surface area contributed by atoms with E-state index in [0.29, 0.717) is 5.82 Å². The lowest BCUT2D eigenvalue weighted by Gasteiger charge is -2.05. The highest BCUT2D eigenvalue weighted by atomic mass is 16.1. The molecule has 0 radical (unpaired) electrons. The molecule has 5 nitrogen and oxygen atoms in total. The largest absolute Gasteiger partial charge is 0.310 e. The summed E-state index contributed by atoms with van der Waals surface area (Å²) in [6.07, 6.45) is 0.249. The summed E-state index contributed by atoms with van der Waals surface area (Å²) in [5.41, 5.74) is 3.64. The summed E-state index contributed by atoms with van der Waals surface area (Å²) in [7, 11) is 0. The van der Waals surface area contributed by atoms with Gasteiger partial charge >= 0.3 is 0 Å². The summed E-state index contributed by atoms with van der Waals surface area (Å²) >= 11 is 0. The molecule has 2 rings (SSSR count). The van der Waals surface area contributed by atoms with Gasteiger partial charge in [-0.25, -0.2) is 4.98 Å². The number of carbonyl (C=O) groups is 1. The average Bonchev–Trinajstić information content (AvgIpc) is 2.61. The highest BCUT2D eigenvalue weighted by molar-refractivity contribution is 5.91. The van der Waals surface area contributed by atoms with E-state index in [1.807, 2.05) is 39.0 Å². The molecule has 0 fully saturated rings. The van der Waals surface area contributed by atoms with Crippen LogP contribution in [0, 0.1) is 20.8 Å². The van der Waals surface area contributed by atoms with Crippen LogP contribution in [-0.2, 0) is 11.2 Å². The van der Waals surface area contributed by atoms with Crippen molar-refractivity contribution in [1.29, 1.82) is 0 Å². The lowest BCUT2D eigenvalue weighted by Crippen LogP contribution is -2.15. The molecule has 0 aliphatic rings. The molecular weight excluding hydrogens is 228 g/mol. The number of nitrogens with one attached hydrogen (secondary N) is 2. The normalized spacial score (nSPS) is 10.4. The molecule has 0 aliphatic heterocycles. The van der Waals surface area contributed by atoms with E-state index < -0.39 is 0 Å². The molecule has 94 valence electrons. The Balaban J connectivity index is 2.02. The van der Waals surface area contributed by atoms with Crippen LogP contribution in [0.15, 0.2) is 18.2 Å². The molecule has 0 saturated carbocycles. The number of hydrogen-bond acceptors (Lipinski definition) is 3. The Labute approximate surface area is 106 Å². The number of aromatic nitrogens is 3. The second-order valence-electron chi connectivity index (χ2n) is 4.44. The zero-order valence-corrected chi connectivity index (χ0v) is 10.7. The quantitative estimate of drug-likeness (QED) is 0.866. The lowest BCUT2D eigenvalue weighted by atomic mass is 10.2. The zero-order chi connectivity index (χ0) is 13.1. The summed E-state index contributed by atoms with van der Waals surface area (Å²) in [6, 6.07) is 5.67. The van der Waals surface area contributed by atoms with Gasteiger partial charge in [0, 0.05) is 11.4 Å². The van der Waals surface area contributed by atoms with Crippen LogP contribution in [0.1, 0.15) is 22.6 Å². The van der Waals surface area contributed by atoms with Gasteiger partial charge in [-0.05, 0) is 44.5 Å². The van der Waals surface area contributed by atoms with Crippen molar-refractivity contribution in [2.24, 2.45) is 0 Å². The molecular formula is C13H16N4O. The number of carbonyl (C=O) groups excluding carboxylic acids is 1. The molecule has 5 heteroatoms. The number of pyridine rings is 1. The molecule has 0 bridgehead atoms. The van der Waals surface area contributed by atoms with E-state index in [4.69, 9.17) is 0 Å². The van der Waals surface area contributed by atoms with Crippen LogP contribution >= 0.6 is 0 Å². The van der Waals surface area contributed by atoms with Crippen LogP contribution in [0.3, 0.4) is 0 Å². The predicted octanol–water partition coefficient (Wildman–Crippen LogP) is 1.91. The molecule has 2 heterocycles. The Hall–Kier alpha value is -2.17. The van der Waals surface area contributed by atoms with Crippen LogP contribution in [0.5, 0.6) is 0 Å². The fourth-order valence-electron chi connectivity index (χ4n) is 1.82. The molecule has 2 aromatic rings. The SMILES string of the molecule is Cc1cc(C)nc(NC(=O)Cc2cc(C)[nH]n2)c1. The molecule has 0 atom stereocenters. The van der Waals surface area contributed by atoms with Crippen molar-refractivity contribution in [2.45, 2.75) is 27.2 Å². The van der Waals surface area contributed by atoms with Crippen molar-refractivity contribution >= 4 is 11.7 Å². The first kappa shape index (κ1) is 12.3. The number of amides is 1. The first-order valence-electron chi connectivity index (χ1n) is 5.79. The van der Waals surface area contributed by atoms with Crippen molar-refractivity contribution in [3.63, 3.8) is 0 Å². The van der Waals surface area contributed by atoms with Gasteiger partial charge in [-0.2, -0.15) is 5.10 Å². The van der Waals surface area contributed by atoms with Crippen molar-refractivity contribution in [3.05, 3.63) is 40.8 Å². The number of anilines is 1. The molecule has 2 aromatic heterocycles. The van der Waals surface area contributed by atoms with E-state index in [1.54, 1.807) is 0 Å². The van der Waals surface area contributed by atoms with Gasteiger partial charge in [0.05, 0.1) is 12.1 Å². The number of aryl methyl sites for hydroxylation is 3. The molecule has 0 aromatic carbocycles. The molecule has 0 unspecified atom stereocenters. The van der Waals surface area contributed by atoms with Gasteiger partial charge in [0.1, 0.15) is 5.82 Å². The van der Waals surface area contributed by atoms with Crippen molar-refractivity contribution in [2.75, 3.05) is 5.32 Å². The maximum atomic E-state index is 11.8. The minimum absolute atomic E-state index is 0.112. The third-order valence-electron chi connectivity index (χ3n) is 2.47. The van der Waals surface area contributed by atoms with E-state index in [9.17, 15) is 4.79 Å². The summed E-state index contributed by atoms with van der Waals surface area (Å²) in [6.45, 7) is 5.78.